The summed E-state index contributed by atoms with van der Waals surface area (Å²) in [4.78, 5) is 69.4. The Hall–Kier alpha value is -6.03. The molecule has 0 bridgehead atoms. The van der Waals surface area contributed by atoms with Crippen LogP contribution in [0.5, 0.6) is 0 Å². The Labute approximate surface area is 271 Å². The Bertz CT molecular complexity index is 2150. The monoisotopic (exact) mass is 624 g/mol. The minimum Gasteiger partial charge on any atom is -0.347 e. The summed E-state index contributed by atoms with van der Waals surface area (Å²) < 4.78 is 0. The maximum Gasteiger partial charge on any atom is 0.233 e. The Morgan fingerprint density at radius 3 is 1.79 bits per heavy atom. The van der Waals surface area contributed by atoms with Gasteiger partial charge in [0.1, 0.15) is 0 Å². The summed E-state index contributed by atoms with van der Waals surface area (Å²) in [5, 5.41) is 6.31. The van der Waals surface area contributed by atoms with Gasteiger partial charge in [-0.05, 0) is 37.6 Å². The van der Waals surface area contributed by atoms with Crippen LogP contribution in [0.1, 0.15) is 88.7 Å². The van der Waals surface area contributed by atoms with Crippen LogP contribution in [-0.4, -0.2) is 52.2 Å². The molecule has 0 fully saturated rings. The fraction of sp³-hybridized carbons (Fsp3) is 0.162. The number of hydrogen-bond acceptors (Lipinski definition) is 10. The second kappa shape index (κ2) is 12.1. The first-order valence-electron chi connectivity index (χ1n) is 15.2. The number of carbonyl (C=O) groups is 4. The number of aryl methyl sites for hydroxylation is 2. The van der Waals surface area contributed by atoms with Crippen molar-refractivity contribution < 1.29 is 19.2 Å². The zero-order valence-corrected chi connectivity index (χ0v) is 26.9. The van der Waals surface area contributed by atoms with Crippen LogP contribution in [0.2, 0.25) is 0 Å². The molecule has 10 heteroatoms. The minimum absolute atomic E-state index is 0.107. The predicted molar refractivity (Wildman–Crippen MR) is 181 cm³/mol. The quantitative estimate of drug-likeness (QED) is 0.215. The van der Waals surface area contributed by atoms with E-state index >= 15 is 0 Å². The first-order valence-corrected chi connectivity index (χ1v) is 15.2. The molecule has 0 unspecified atom stereocenters. The lowest BCUT2D eigenvalue weighted by Crippen LogP contribution is -2.23. The van der Waals surface area contributed by atoms with Crippen LogP contribution in [0.3, 0.4) is 0 Å². The third kappa shape index (κ3) is 5.23. The number of rotatable bonds is 5. The van der Waals surface area contributed by atoms with Gasteiger partial charge in [-0.25, -0.2) is 0 Å². The molecule has 7 rings (SSSR count). The van der Waals surface area contributed by atoms with Crippen LogP contribution in [-0.2, 0) is 0 Å². The number of benzene rings is 4. The average Bonchev–Trinajstić information content (AvgIpc) is 3.07. The lowest BCUT2D eigenvalue weighted by Gasteiger charge is -2.23. The number of fused-ring (bicyclic) bond motifs is 4. The van der Waals surface area contributed by atoms with Gasteiger partial charge in [-0.2, -0.15) is 15.0 Å². The molecule has 2 aliphatic rings. The van der Waals surface area contributed by atoms with Gasteiger partial charge in [0.15, 0.2) is 23.1 Å². The standard InChI is InChI=1S/C35H26N6O4.C2H6/c1-17-12-14-21-24(16-17)32(45)26-22(30(21)43)10-7-11-25(26)36-33-38-34(40-35(39-33)41(3)4)37-28-18(2)13-15-23-27(28)31(44)20-9-6-5-8-19(20)29(23)42;1-2/h5-16H,1-4H3,(H2,36,37,38,39,40);1-2H3. The Kier molecular flexibility index (Phi) is 7.94. The Morgan fingerprint density at radius 1 is 0.553 bits per heavy atom. The molecule has 4 aromatic carbocycles. The van der Waals surface area contributed by atoms with E-state index in [4.69, 9.17) is 0 Å². The van der Waals surface area contributed by atoms with Gasteiger partial charge in [0.25, 0.3) is 0 Å². The first kappa shape index (κ1) is 31.0. The van der Waals surface area contributed by atoms with Gasteiger partial charge < -0.3 is 15.5 Å². The summed E-state index contributed by atoms with van der Waals surface area (Å²) in [6, 6.07) is 20.4. The molecular weight excluding hydrogens is 592 g/mol. The van der Waals surface area contributed by atoms with Gasteiger partial charge in [0, 0.05) is 47.5 Å². The number of anilines is 5. The normalized spacial score (nSPS) is 12.6. The van der Waals surface area contributed by atoms with E-state index in [0.717, 1.165) is 5.56 Å². The molecular formula is C37H32N6O4. The minimum atomic E-state index is -0.277. The van der Waals surface area contributed by atoms with Gasteiger partial charge in [-0.15, -0.1) is 0 Å². The van der Waals surface area contributed by atoms with E-state index in [1.165, 1.54) is 0 Å². The van der Waals surface area contributed by atoms with Gasteiger partial charge in [0.05, 0.1) is 22.5 Å². The van der Waals surface area contributed by atoms with Gasteiger partial charge in [-0.3, -0.25) is 19.2 Å². The van der Waals surface area contributed by atoms with Gasteiger partial charge in [0.2, 0.25) is 17.8 Å². The lowest BCUT2D eigenvalue weighted by atomic mass is 9.82. The fourth-order valence-corrected chi connectivity index (χ4v) is 5.77. The maximum atomic E-state index is 13.7. The molecule has 2 aliphatic carbocycles. The highest BCUT2D eigenvalue weighted by Crippen LogP contribution is 2.36. The van der Waals surface area contributed by atoms with Crippen molar-refractivity contribution in [3.63, 3.8) is 0 Å². The van der Waals surface area contributed by atoms with Crippen molar-refractivity contribution in [1.82, 2.24) is 15.0 Å². The van der Waals surface area contributed by atoms with Crippen molar-refractivity contribution >= 4 is 52.4 Å². The van der Waals surface area contributed by atoms with E-state index in [0.29, 0.717) is 50.7 Å². The maximum absolute atomic E-state index is 13.7. The van der Waals surface area contributed by atoms with E-state index in [2.05, 4.69) is 25.6 Å². The van der Waals surface area contributed by atoms with Crippen molar-refractivity contribution in [2.45, 2.75) is 27.7 Å². The molecule has 0 amide bonds. The molecule has 1 aromatic heterocycles. The summed E-state index contributed by atoms with van der Waals surface area (Å²) in [5.41, 5.74) is 4.83. The smallest absolute Gasteiger partial charge is 0.233 e. The largest absolute Gasteiger partial charge is 0.347 e. The SMILES string of the molecule is CC.Cc1ccc2c(c1)C(=O)c1c(Nc3nc(Nc4c(C)ccc5c4C(=O)c4ccccc4C5=O)nc(N(C)C)n3)cccc1C2=O. The first-order chi connectivity index (χ1) is 22.6. The summed E-state index contributed by atoms with van der Waals surface area (Å²) in [6.07, 6.45) is 0. The summed E-state index contributed by atoms with van der Waals surface area (Å²) in [6.45, 7) is 7.69. The van der Waals surface area contributed by atoms with Crippen LogP contribution in [0.15, 0.2) is 72.8 Å². The highest BCUT2D eigenvalue weighted by Gasteiger charge is 2.34. The molecule has 0 atom stereocenters. The zero-order chi connectivity index (χ0) is 33.6. The van der Waals surface area contributed by atoms with E-state index < -0.39 is 0 Å². The van der Waals surface area contributed by atoms with Crippen LogP contribution in [0.25, 0.3) is 0 Å². The molecule has 2 N–H and O–H groups in total. The molecule has 0 saturated heterocycles. The molecule has 0 aliphatic heterocycles. The van der Waals surface area contributed by atoms with Crippen molar-refractivity contribution in [3.05, 3.63) is 128 Å². The second-order valence-electron chi connectivity index (χ2n) is 11.2. The van der Waals surface area contributed by atoms with Gasteiger partial charge >= 0.3 is 0 Å². The highest BCUT2D eigenvalue weighted by molar-refractivity contribution is 6.31. The van der Waals surface area contributed by atoms with Crippen LogP contribution < -0.4 is 15.5 Å². The predicted octanol–water partition coefficient (Wildman–Crippen LogP) is 6.62. The molecule has 0 saturated carbocycles. The molecule has 0 radical (unpaired) electrons. The number of ketones is 4. The summed E-state index contributed by atoms with van der Waals surface area (Å²) >= 11 is 0. The Balaban J connectivity index is 0.00000190. The summed E-state index contributed by atoms with van der Waals surface area (Å²) in [7, 11) is 3.53. The van der Waals surface area contributed by atoms with E-state index in [1.54, 1.807) is 85.7 Å². The van der Waals surface area contributed by atoms with E-state index in [9.17, 15) is 19.2 Å². The van der Waals surface area contributed by atoms with E-state index in [-0.39, 0.29) is 51.7 Å². The number of nitrogens with one attached hydrogen (secondary N) is 2. The number of hydrogen-bond donors (Lipinski definition) is 2. The Morgan fingerprint density at radius 2 is 1.11 bits per heavy atom. The van der Waals surface area contributed by atoms with Gasteiger partial charge in [-0.1, -0.05) is 74.0 Å². The van der Waals surface area contributed by atoms with Crippen molar-refractivity contribution in [2.75, 3.05) is 29.6 Å². The topological polar surface area (TPSA) is 134 Å². The molecule has 47 heavy (non-hydrogen) atoms. The van der Waals surface area contributed by atoms with Crippen molar-refractivity contribution in [1.29, 1.82) is 0 Å². The number of carbonyl (C=O) groups excluding carboxylic acids is 4. The number of nitrogens with zero attached hydrogens (tertiary/aromatic N) is 4. The van der Waals surface area contributed by atoms with Crippen LogP contribution in [0, 0.1) is 13.8 Å². The fourth-order valence-electron chi connectivity index (χ4n) is 5.77. The third-order valence-electron chi connectivity index (χ3n) is 8.01. The molecule has 10 nitrogen and oxygen atoms in total. The van der Waals surface area contributed by atoms with E-state index in [1.807, 2.05) is 33.8 Å². The zero-order valence-electron chi connectivity index (χ0n) is 26.9. The van der Waals surface area contributed by atoms with Crippen LogP contribution in [0.4, 0.5) is 29.2 Å². The third-order valence-corrected chi connectivity index (χ3v) is 8.01. The highest BCUT2D eigenvalue weighted by atomic mass is 16.1. The number of aromatic nitrogens is 3. The average molecular weight is 625 g/mol. The lowest BCUT2D eigenvalue weighted by molar-refractivity contribution is 0.0979. The molecule has 1 heterocycles. The molecule has 5 aromatic rings. The van der Waals surface area contributed by atoms with Crippen molar-refractivity contribution in [2.24, 2.45) is 0 Å². The molecule has 0 spiro atoms. The van der Waals surface area contributed by atoms with Crippen molar-refractivity contribution in [3.8, 4) is 0 Å². The molecule has 234 valence electrons. The second-order valence-corrected chi connectivity index (χ2v) is 11.2. The summed E-state index contributed by atoms with van der Waals surface area (Å²) in [5.74, 6) is -0.517. The van der Waals surface area contributed by atoms with Crippen LogP contribution >= 0.6 is 0 Å².